The van der Waals surface area contributed by atoms with E-state index >= 15 is 0 Å². The van der Waals surface area contributed by atoms with Crippen molar-refractivity contribution in [2.24, 2.45) is 0 Å². The van der Waals surface area contributed by atoms with Crippen molar-refractivity contribution in [2.45, 2.75) is 25.9 Å². The lowest BCUT2D eigenvalue weighted by atomic mass is 10.0. The Morgan fingerprint density at radius 3 is 3.05 bits per heavy atom. The number of carbonyl (C=O) groups is 2. The van der Waals surface area contributed by atoms with Gasteiger partial charge in [-0.05, 0) is 0 Å². The largest absolute Gasteiger partial charge is 0.465 e. The fourth-order valence-electron chi connectivity index (χ4n) is 2.98. The lowest BCUT2D eigenvalue weighted by molar-refractivity contribution is -0.119. The van der Waals surface area contributed by atoms with Crippen LogP contribution in [0.3, 0.4) is 0 Å². The first-order valence-corrected chi connectivity index (χ1v) is 6.65. The third kappa shape index (κ3) is 1.75. The highest BCUT2D eigenvalue weighted by Crippen LogP contribution is 2.33. The number of Topliss-reactive ketones (excluding diaryl/α,β-unsaturated/α-hetero) is 1. The number of rotatable bonds is 0. The van der Waals surface area contributed by atoms with Gasteiger partial charge in [0.25, 0.3) is 0 Å². The maximum absolute atomic E-state index is 12.0. The summed E-state index contributed by atoms with van der Waals surface area (Å²) in [6.45, 7) is 0.866. The molecule has 0 fully saturated rings. The topological polar surface area (TPSA) is 101 Å². The highest BCUT2D eigenvalue weighted by molar-refractivity contribution is 5.85. The minimum absolute atomic E-state index is 0.0353. The molecule has 0 saturated heterocycles. The Balaban J connectivity index is 1.89. The normalized spacial score (nSPS) is 17.0. The standard InChI is InChI=1S/C13H12N4O4/c18-8-3-7-6-21-15-11(7)12-9-5-16(13(19)20)2-1-10(9)14-17(12)4-8/h6H,1-5H2,(H,19,20). The summed E-state index contributed by atoms with van der Waals surface area (Å²) in [6.07, 6.45) is 1.33. The van der Waals surface area contributed by atoms with Crippen LogP contribution >= 0.6 is 0 Å². The Labute approximate surface area is 118 Å². The Bertz CT molecular complexity index is 760. The van der Waals surface area contributed by atoms with Crippen molar-refractivity contribution in [1.82, 2.24) is 19.8 Å². The first-order chi connectivity index (χ1) is 10.1. The number of carboxylic acid groups (broad SMARTS) is 1. The number of hydrogen-bond donors (Lipinski definition) is 1. The molecule has 8 nitrogen and oxygen atoms in total. The smallest absolute Gasteiger partial charge is 0.407 e. The molecule has 1 N–H and O–H groups in total. The predicted molar refractivity (Wildman–Crippen MR) is 68.6 cm³/mol. The van der Waals surface area contributed by atoms with E-state index in [2.05, 4.69) is 10.3 Å². The first-order valence-electron chi connectivity index (χ1n) is 6.65. The third-order valence-electron chi connectivity index (χ3n) is 3.95. The van der Waals surface area contributed by atoms with E-state index in [0.717, 1.165) is 16.8 Å². The Morgan fingerprint density at radius 2 is 2.24 bits per heavy atom. The highest BCUT2D eigenvalue weighted by atomic mass is 16.5. The molecule has 0 aliphatic carbocycles. The zero-order valence-electron chi connectivity index (χ0n) is 11.1. The fraction of sp³-hybridized carbons (Fsp3) is 0.385. The van der Waals surface area contributed by atoms with Crippen LogP contribution in [0.1, 0.15) is 16.8 Å². The maximum Gasteiger partial charge on any atom is 0.407 e. The summed E-state index contributed by atoms with van der Waals surface area (Å²) in [5.41, 5.74) is 3.71. The van der Waals surface area contributed by atoms with Gasteiger partial charge < -0.3 is 14.5 Å². The van der Waals surface area contributed by atoms with Crippen LogP contribution in [-0.4, -0.2) is 43.4 Å². The molecular weight excluding hydrogens is 276 g/mol. The quantitative estimate of drug-likeness (QED) is 0.765. The van der Waals surface area contributed by atoms with Crippen LogP contribution in [0.15, 0.2) is 10.8 Å². The average Bonchev–Trinajstić information content (AvgIpc) is 2.98. The van der Waals surface area contributed by atoms with E-state index in [1.165, 1.54) is 11.2 Å². The molecule has 2 aromatic heterocycles. The molecular formula is C13H12N4O4. The van der Waals surface area contributed by atoms with Gasteiger partial charge in [0.2, 0.25) is 0 Å². The van der Waals surface area contributed by atoms with Crippen molar-refractivity contribution in [3.63, 3.8) is 0 Å². The summed E-state index contributed by atoms with van der Waals surface area (Å²) in [4.78, 5) is 24.5. The number of carbonyl (C=O) groups excluding carboxylic acids is 1. The molecule has 0 spiro atoms. The van der Waals surface area contributed by atoms with Crippen molar-refractivity contribution in [3.8, 4) is 11.4 Å². The summed E-state index contributed by atoms with van der Waals surface area (Å²) in [7, 11) is 0. The molecule has 2 aliphatic heterocycles. The van der Waals surface area contributed by atoms with Crippen LogP contribution in [0.25, 0.3) is 11.4 Å². The van der Waals surface area contributed by atoms with Crippen molar-refractivity contribution < 1.29 is 19.2 Å². The highest BCUT2D eigenvalue weighted by Gasteiger charge is 2.32. The van der Waals surface area contributed by atoms with Crippen LogP contribution in [-0.2, 0) is 30.7 Å². The minimum atomic E-state index is -0.953. The molecule has 0 unspecified atom stereocenters. The van der Waals surface area contributed by atoms with E-state index in [1.807, 2.05) is 0 Å². The lowest BCUT2D eigenvalue weighted by Crippen LogP contribution is -2.34. The summed E-state index contributed by atoms with van der Waals surface area (Å²) in [5, 5.41) is 17.6. The van der Waals surface area contributed by atoms with E-state index in [1.54, 1.807) is 4.68 Å². The van der Waals surface area contributed by atoms with E-state index in [-0.39, 0.29) is 25.3 Å². The molecule has 0 saturated carbocycles. The van der Waals surface area contributed by atoms with E-state index in [0.29, 0.717) is 24.4 Å². The van der Waals surface area contributed by atoms with Gasteiger partial charge in [0.05, 0.1) is 17.9 Å². The van der Waals surface area contributed by atoms with Crippen LogP contribution in [0, 0.1) is 0 Å². The molecule has 0 aromatic carbocycles. The number of hydrogen-bond acceptors (Lipinski definition) is 5. The van der Waals surface area contributed by atoms with Gasteiger partial charge in [-0.2, -0.15) is 5.10 Å². The summed E-state index contributed by atoms with van der Waals surface area (Å²) in [5.74, 6) is 0.0353. The number of aromatic nitrogens is 3. The van der Waals surface area contributed by atoms with E-state index < -0.39 is 6.09 Å². The third-order valence-corrected chi connectivity index (χ3v) is 3.95. The Kier molecular flexibility index (Phi) is 2.41. The van der Waals surface area contributed by atoms with Gasteiger partial charge in [0.15, 0.2) is 5.78 Å². The average molecular weight is 288 g/mol. The fourth-order valence-corrected chi connectivity index (χ4v) is 2.98. The SMILES string of the molecule is O=C1Cc2conc2-c2c3c(nn2C1)CCN(C(=O)O)C3. The molecule has 21 heavy (non-hydrogen) atoms. The minimum Gasteiger partial charge on any atom is -0.465 e. The maximum atomic E-state index is 12.0. The van der Waals surface area contributed by atoms with Crippen molar-refractivity contribution in [3.05, 3.63) is 23.1 Å². The summed E-state index contributed by atoms with van der Waals surface area (Å²) < 4.78 is 6.62. The van der Waals surface area contributed by atoms with Gasteiger partial charge >= 0.3 is 6.09 Å². The summed E-state index contributed by atoms with van der Waals surface area (Å²) >= 11 is 0. The van der Waals surface area contributed by atoms with Crippen LogP contribution in [0.4, 0.5) is 4.79 Å². The van der Waals surface area contributed by atoms with Crippen LogP contribution < -0.4 is 0 Å². The van der Waals surface area contributed by atoms with E-state index in [9.17, 15) is 9.59 Å². The predicted octanol–water partition coefficient (Wildman–Crippen LogP) is 0.699. The molecule has 0 radical (unpaired) electrons. The van der Waals surface area contributed by atoms with Crippen LogP contribution in [0.5, 0.6) is 0 Å². The molecule has 8 heteroatoms. The Hall–Kier alpha value is -2.64. The zero-order chi connectivity index (χ0) is 14.6. The zero-order valence-corrected chi connectivity index (χ0v) is 11.1. The van der Waals surface area contributed by atoms with Gasteiger partial charge in [0.1, 0.15) is 18.5 Å². The van der Waals surface area contributed by atoms with Crippen molar-refractivity contribution in [1.29, 1.82) is 0 Å². The number of ketones is 1. The molecule has 0 atom stereocenters. The second-order valence-corrected chi connectivity index (χ2v) is 5.29. The monoisotopic (exact) mass is 288 g/mol. The second-order valence-electron chi connectivity index (χ2n) is 5.29. The molecule has 108 valence electrons. The number of nitrogens with zero attached hydrogens (tertiary/aromatic N) is 4. The van der Waals surface area contributed by atoms with Gasteiger partial charge in [-0.15, -0.1) is 0 Å². The molecule has 4 heterocycles. The lowest BCUT2D eigenvalue weighted by Gasteiger charge is -2.23. The first kappa shape index (κ1) is 12.1. The second kappa shape index (κ2) is 4.18. The summed E-state index contributed by atoms with van der Waals surface area (Å²) in [6, 6.07) is 0. The molecule has 1 amide bonds. The Morgan fingerprint density at radius 1 is 1.38 bits per heavy atom. The molecule has 2 aromatic rings. The van der Waals surface area contributed by atoms with Gasteiger partial charge in [0, 0.05) is 30.5 Å². The molecule has 0 bridgehead atoms. The van der Waals surface area contributed by atoms with Gasteiger partial charge in [-0.3, -0.25) is 9.48 Å². The number of fused-ring (bicyclic) bond motifs is 5. The van der Waals surface area contributed by atoms with E-state index in [4.69, 9.17) is 9.63 Å². The number of amides is 1. The van der Waals surface area contributed by atoms with Crippen molar-refractivity contribution in [2.75, 3.05) is 6.54 Å². The molecule has 2 aliphatic rings. The van der Waals surface area contributed by atoms with Crippen molar-refractivity contribution >= 4 is 11.9 Å². The molecule has 4 rings (SSSR count). The van der Waals surface area contributed by atoms with Gasteiger partial charge in [-0.25, -0.2) is 4.79 Å². The van der Waals surface area contributed by atoms with Gasteiger partial charge in [-0.1, -0.05) is 5.16 Å². The van der Waals surface area contributed by atoms with Crippen LogP contribution in [0.2, 0.25) is 0 Å².